The van der Waals surface area contributed by atoms with E-state index >= 15 is 0 Å². The summed E-state index contributed by atoms with van der Waals surface area (Å²) >= 11 is 0. The molecule has 4 nitrogen and oxygen atoms in total. The number of hydrogen-bond acceptors (Lipinski definition) is 4. The maximum atomic E-state index is 6.34. The second-order valence-corrected chi connectivity index (χ2v) is 18.3. The molecule has 290 valence electrons. The Morgan fingerprint density at radius 2 is 1.00 bits per heavy atom. The van der Waals surface area contributed by atoms with Crippen molar-refractivity contribution in [3.63, 3.8) is 0 Å². The predicted octanol–water partition coefficient (Wildman–Crippen LogP) is 14.5. The molecule has 1 spiro atoms. The molecule has 10 aromatic rings. The van der Waals surface area contributed by atoms with Crippen molar-refractivity contribution in [2.45, 2.75) is 37.5 Å². The summed E-state index contributed by atoms with van der Waals surface area (Å²) in [6.07, 6.45) is 6.76. The molecule has 8 aromatic carbocycles. The number of nitrogens with zero attached hydrogens (tertiary/aromatic N) is 3. The lowest BCUT2D eigenvalue weighted by Gasteiger charge is -2.61. The normalized spacial score (nSPS) is 22.2. The van der Waals surface area contributed by atoms with Gasteiger partial charge < -0.3 is 4.42 Å². The predicted molar refractivity (Wildman–Crippen MR) is 247 cm³/mol. The molecule has 5 aliphatic carbocycles. The van der Waals surface area contributed by atoms with Gasteiger partial charge in [0.2, 0.25) is 0 Å². The minimum absolute atomic E-state index is 0.0202. The lowest BCUT2D eigenvalue weighted by molar-refractivity contribution is -0.0396. The monoisotopic (exact) mass is 783 g/mol. The Labute approximate surface area is 354 Å². The zero-order valence-corrected chi connectivity index (χ0v) is 33.7. The van der Waals surface area contributed by atoms with E-state index in [0.717, 1.165) is 50.5 Å². The van der Waals surface area contributed by atoms with Gasteiger partial charge in [0, 0.05) is 32.9 Å². The van der Waals surface area contributed by atoms with Gasteiger partial charge in [-0.3, -0.25) is 0 Å². The van der Waals surface area contributed by atoms with Gasteiger partial charge in [-0.1, -0.05) is 133 Å². The molecule has 2 aromatic heterocycles. The average molecular weight is 784 g/mol. The third-order valence-electron chi connectivity index (χ3n) is 15.2. The number of fused-ring (bicyclic) bond motifs is 9. The highest BCUT2D eigenvalue weighted by Crippen LogP contribution is 2.71. The molecule has 0 amide bonds. The molecule has 4 fully saturated rings. The summed E-state index contributed by atoms with van der Waals surface area (Å²) < 4.78 is 6.34. The lowest BCUT2D eigenvalue weighted by Crippen LogP contribution is -2.55. The van der Waals surface area contributed by atoms with Crippen molar-refractivity contribution in [2.75, 3.05) is 0 Å². The number of para-hydroxylation sites is 1. The van der Waals surface area contributed by atoms with Crippen LogP contribution in [-0.4, -0.2) is 15.0 Å². The molecule has 4 heteroatoms. The third-order valence-corrected chi connectivity index (χ3v) is 15.2. The standard InChI is InChI=1S/C57H41N3O/c1-2-12-36(13-3-1)54-58-55(60-56(59-54)40-21-23-46-45-19-8-9-20-49(45)61-50(46)32-40)39-16-10-15-38(30-39)51-44-18-7-5-14-37(44)31-47-52-43-17-6-4-11-35(43)22-24-48(52)57(53(47)51)41-26-33-25-34(28-41)29-42(57)27-33/h1-24,30-34,41-42H,25-29H2. The molecule has 0 atom stereocenters. The second-order valence-electron chi connectivity index (χ2n) is 18.3. The summed E-state index contributed by atoms with van der Waals surface area (Å²) in [5.41, 5.74) is 13.2. The zero-order valence-electron chi connectivity index (χ0n) is 33.7. The quantitative estimate of drug-likeness (QED) is 0.178. The van der Waals surface area contributed by atoms with Gasteiger partial charge in [0.15, 0.2) is 17.5 Å². The van der Waals surface area contributed by atoms with Crippen LogP contribution < -0.4 is 0 Å². The van der Waals surface area contributed by atoms with Crippen LogP contribution in [0, 0.1) is 23.7 Å². The molecule has 0 saturated heterocycles. The van der Waals surface area contributed by atoms with E-state index in [-0.39, 0.29) is 5.41 Å². The summed E-state index contributed by atoms with van der Waals surface area (Å²) in [6.45, 7) is 0. The van der Waals surface area contributed by atoms with Gasteiger partial charge in [-0.15, -0.1) is 0 Å². The van der Waals surface area contributed by atoms with Gasteiger partial charge >= 0.3 is 0 Å². The molecule has 61 heavy (non-hydrogen) atoms. The van der Waals surface area contributed by atoms with Crippen molar-refractivity contribution in [2.24, 2.45) is 23.7 Å². The smallest absolute Gasteiger partial charge is 0.164 e. The van der Waals surface area contributed by atoms with Gasteiger partial charge in [0.05, 0.1) is 0 Å². The Balaban J connectivity index is 1.01. The Morgan fingerprint density at radius 1 is 0.410 bits per heavy atom. The summed E-state index contributed by atoms with van der Waals surface area (Å²) in [7, 11) is 0. The van der Waals surface area contributed by atoms with E-state index in [2.05, 4.69) is 133 Å². The number of hydrogen-bond donors (Lipinski definition) is 0. The minimum Gasteiger partial charge on any atom is -0.456 e. The average Bonchev–Trinajstić information content (AvgIpc) is 3.83. The topological polar surface area (TPSA) is 51.8 Å². The highest BCUT2D eigenvalue weighted by Gasteiger charge is 2.62. The molecule has 4 saturated carbocycles. The first-order valence-corrected chi connectivity index (χ1v) is 22.1. The molecule has 15 rings (SSSR count). The summed E-state index contributed by atoms with van der Waals surface area (Å²) in [4.78, 5) is 15.6. The highest BCUT2D eigenvalue weighted by molar-refractivity contribution is 6.11. The summed E-state index contributed by atoms with van der Waals surface area (Å²) in [5, 5.41) is 7.51. The molecular weight excluding hydrogens is 743 g/mol. The van der Waals surface area contributed by atoms with Crippen molar-refractivity contribution in [1.29, 1.82) is 0 Å². The molecule has 0 unspecified atom stereocenters. The number of furan rings is 1. The van der Waals surface area contributed by atoms with Crippen molar-refractivity contribution in [3.05, 3.63) is 175 Å². The zero-order chi connectivity index (χ0) is 39.8. The van der Waals surface area contributed by atoms with Crippen LogP contribution in [0.2, 0.25) is 0 Å². The summed E-state index contributed by atoms with van der Waals surface area (Å²) in [5.74, 6) is 4.92. The fraction of sp³-hybridized carbons (Fsp3) is 0.175. The van der Waals surface area contributed by atoms with Crippen LogP contribution in [0.4, 0.5) is 0 Å². The van der Waals surface area contributed by atoms with E-state index in [1.165, 1.54) is 75.9 Å². The van der Waals surface area contributed by atoms with E-state index in [1.807, 2.05) is 30.3 Å². The highest BCUT2D eigenvalue weighted by atomic mass is 16.3. The third kappa shape index (κ3) is 4.79. The summed E-state index contributed by atoms with van der Waals surface area (Å²) in [6, 6.07) is 59.6. The van der Waals surface area contributed by atoms with Crippen molar-refractivity contribution in [1.82, 2.24) is 15.0 Å². The van der Waals surface area contributed by atoms with E-state index in [9.17, 15) is 0 Å². The molecule has 0 radical (unpaired) electrons. The van der Waals surface area contributed by atoms with E-state index in [1.54, 1.807) is 11.1 Å². The first kappa shape index (κ1) is 33.9. The maximum absolute atomic E-state index is 6.34. The largest absolute Gasteiger partial charge is 0.456 e. The lowest BCUT2D eigenvalue weighted by atomic mass is 9.42. The minimum atomic E-state index is -0.0202. The number of rotatable bonds is 4. The molecule has 4 bridgehead atoms. The first-order valence-electron chi connectivity index (χ1n) is 22.1. The van der Waals surface area contributed by atoms with Crippen LogP contribution in [-0.2, 0) is 5.41 Å². The van der Waals surface area contributed by atoms with Gasteiger partial charge in [-0.25, -0.2) is 15.0 Å². The van der Waals surface area contributed by atoms with E-state index in [4.69, 9.17) is 19.4 Å². The van der Waals surface area contributed by atoms with Crippen molar-refractivity contribution < 1.29 is 4.42 Å². The number of aromatic nitrogens is 3. The SMILES string of the molecule is c1ccc(-c2nc(-c3cccc(-c4c5c(cc6ccccc46)-c4c(ccc6ccccc46)C54C5CC6CC(C5)CC4C6)c3)nc(-c3ccc4c(c3)oc3ccccc34)n2)cc1. The Bertz CT molecular complexity index is 3430. The molecule has 0 N–H and O–H groups in total. The van der Waals surface area contributed by atoms with E-state index in [0.29, 0.717) is 29.3 Å². The fourth-order valence-corrected chi connectivity index (χ4v) is 13.1. The van der Waals surface area contributed by atoms with Gasteiger partial charge in [-0.2, -0.15) is 0 Å². The van der Waals surface area contributed by atoms with E-state index < -0.39 is 0 Å². The van der Waals surface area contributed by atoms with Crippen molar-refractivity contribution >= 4 is 43.5 Å². The van der Waals surface area contributed by atoms with Crippen LogP contribution in [0.1, 0.15) is 43.2 Å². The van der Waals surface area contributed by atoms with Gasteiger partial charge in [-0.05, 0) is 141 Å². The van der Waals surface area contributed by atoms with Crippen LogP contribution in [0.25, 0.3) is 99.9 Å². The van der Waals surface area contributed by atoms with Crippen LogP contribution in [0.5, 0.6) is 0 Å². The molecular formula is C57H41N3O. The van der Waals surface area contributed by atoms with Gasteiger partial charge in [0.25, 0.3) is 0 Å². The van der Waals surface area contributed by atoms with Crippen molar-refractivity contribution in [3.8, 4) is 56.4 Å². The Hall–Kier alpha value is -6.91. The van der Waals surface area contributed by atoms with Crippen LogP contribution >= 0.6 is 0 Å². The molecule has 2 heterocycles. The van der Waals surface area contributed by atoms with Crippen LogP contribution in [0.15, 0.2) is 168 Å². The molecule has 0 aliphatic heterocycles. The molecule has 5 aliphatic rings. The second kappa shape index (κ2) is 12.6. The van der Waals surface area contributed by atoms with Gasteiger partial charge in [0.1, 0.15) is 11.2 Å². The number of benzene rings is 8. The Kier molecular flexibility index (Phi) is 6.97. The Morgan fingerprint density at radius 3 is 1.77 bits per heavy atom. The maximum Gasteiger partial charge on any atom is 0.164 e. The first-order chi connectivity index (χ1) is 30.2. The fourth-order valence-electron chi connectivity index (χ4n) is 13.1. The van der Waals surface area contributed by atoms with Crippen LogP contribution in [0.3, 0.4) is 0 Å².